The van der Waals surface area contributed by atoms with Crippen molar-refractivity contribution in [2.75, 3.05) is 11.0 Å². The second-order valence-corrected chi connectivity index (χ2v) is 5.85. The van der Waals surface area contributed by atoms with Gasteiger partial charge in [-0.2, -0.15) is 0 Å². The molecule has 7 nitrogen and oxygen atoms in total. The van der Waals surface area contributed by atoms with Gasteiger partial charge in [-0.3, -0.25) is 14.8 Å². The van der Waals surface area contributed by atoms with E-state index in [-0.39, 0.29) is 17.1 Å². The van der Waals surface area contributed by atoms with E-state index in [0.717, 1.165) is 6.26 Å². The standard InChI is InChI=1S/C13H16N2O5S/c1-4-6-11(5-2)20-13-9-10(15(16)17)7-8-12(13)14-21(3,18)19/h4-9,14H,1-3H3/b6-4-,11-5+. The van der Waals surface area contributed by atoms with Crippen LogP contribution in [0.5, 0.6) is 5.75 Å². The van der Waals surface area contributed by atoms with Crippen molar-refractivity contribution in [3.05, 3.63) is 52.3 Å². The predicted molar refractivity (Wildman–Crippen MR) is 80.8 cm³/mol. The lowest BCUT2D eigenvalue weighted by Crippen LogP contribution is -2.11. The van der Waals surface area contributed by atoms with Crippen LogP contribution in [0, 0.1) is 10.1 Å². The number of hydrogen-bond acceptors (Lipinski definition) is 5. The zero-order chi connectivity index (χ0) is 16.0. The first-order chi connectivity index (χ1) is 9.76. The summed E-state index contributed by atoms with van der Waals surface area (Å²) in [4.78, 5) is 10.2. The van der Waals surface area contributed by atoms with Gasteiger partial charge in [0.05, 0.1) is 22.9 Å². The number of anilines is 1. The van der Waals surface area contributed by atoms with E-state index >= 15 is 0 Å². The Hall–Kier alpha value is -2.35. The van der Waals surface area contributed by atoms with Gasteiger partial charge in [0.2, 0.25) is 10.0 Å². The van der Waals surface area contributed by atoms with Gasteiger partial charge in [0, 0.05) is 6.07 Å². The number of rotatable bonds is 6. The molecular weight excluding hydrogens is 296 g/mol. The van der Waals surface area contributed by atoms with Crippen LogP contribution in [0.1, 0.15) is 13.8 Å². The van der Waals surface area contributed by atoms with E-state index in [4.69, 9.17) is 4.74 Å². The highest BCUT2D eigenvalue weighted by Gasteiger charge is 2.15. The first kappa shape index (κ1) is 16.7. The minimum Gasteiger partial charge on any atom is -0.455 e. The number of non-ortho nitro benzene ring substituents is 1. The van der Waals surface area contributed by atoms with Gasteiger partial charge in [0.25, 0.3) is 5.69 Å². The zero-order valence-corrected chi connectivity index (χ0v) is 12.7. The molecule has 1 rings (SSSR count). The monoisotopic (exact) mass is 312 g/mol. The number of ether oxygens (including phenoxy) is 1. The van der Waals surface area contributed by atoms with E-state index in [1.807, 2.05) is 0 Å². The molecule has 0 unspecified atom stereocenters. The van der Waals surface area contributed by atoms with Crippen molar-refractivity contribution in [3.8, 4) is 5.75 Å². The van der Waals surface area contributed by atoms with Crippen LogP contribution >= 0.6 is 0 Å². The van der Waals surface area contributed by atoms with Crippen LogP contribution in [0.3, 0.4) is 0 Å². The van der Waals surface area contributed by atoms with Gasteiger partial charge in [-0.1, -0.05) is 6.08 Å². The lowest BCUT2D eigenvalue weighted by Gasteiger charge is -2.12. The van der Waals surface area contributed by atoms with Crippen molar-refractivity contribution in [2.24, 2.45) is 0 Å². The van der Waals surface area contributed by atoms with E-state index < -0.39 is 14.9 Å². The Kier molecular flexibility index (Phi) is 5.48. The highest BCUT2D eigenvalue weighted by Crippen LogP contribution is 2.31. The maximum Gasteiger partial charge on any atom is 0.273 e. The van der Waals surface area contributed by atoms with E-state index in [0.29, 0.717) is 5.76 Å². The van der Waals surface area contributed by atoms with Gasteiger partial charge in [0.1, 0.15) is 5.76 Å². The third kappa shape index (κ3) is 5.27. The number of nitrogens with one attached hydrogen (secondary N) is 1. The zero-order valence-electron chi connectivity index (χ0n) is 11.9. The van der Waals surface area contributed by atoms with Crippen molar-refractivity contribution in [1.29, 1.82) is 0 Å². The fourth-order valence-corrected chi connectivity index (χ4v) is 2.04. The Balaban J connectivity index is 3.28. The molecule has 0 saturated heterocycles. The van der Waals surface area contributed by atoms with Crippen LogP contribution in [0.4, 0.5) is 11.4 Å². The molecule has 114 valence electrons. The molecule has 0 amide bonds. The molecule has 0 spiro atoms. The average Bonchev–Trinajstić information content (AvgIpc) is 2.38. The molecule has 0 fully saturated rings. The number of nitro groups is 1. The number of hydrogen-bond donors (Lipinski definition) is 1. The van der Waals surface area contributed by atoms with Gasteiger partial charge in [-0.05, 0) is 32.1 Å². The Morgan fingerprint density at radius 3 is 2.52 bits per heavy atom. The fourth-order valence-electron chi connectivity index (χ4n) is 1.47. The molecule has 0 heterocycles. The molecule has 0 atom stereocenters. The quantitative estimate of drug-likeness (QED) is 0.377. The van der Waals surface area contributed by atoms with Crippen molar-refractivity contribution in [2.45, 2.75) is 13.8 Å². The Labute approximate surface area is 123 Å². The number of sulfonamides is 1. The fraction of sp³-hybridized carbons (Fsp3) is 0.231. The summed E-state index contributed by atoms with van der Waals surface area (Å²) in [6.45, 7) is 3.52. The van der Waals surface area contributed by atoms with Gasteiger partial charge in [0.15, 0.2) is 5.75 Å². The van der Waals surface area contributed by atoms with Crippen LogP contribution in [0.25, 0.3) is 0 Å². The summed E-state index contributed by atoms with van der Waals surface area (Å²) in [5, 5.41) is 10.8. The van der Waals surface area contributed by atoms with Crippen LogP contribution in [-0.4, -0.2) is 19.6 Å². The second kappa shape index (κ2) is 6.89. The maximum atomic E-state index is 11.3. The van der Waals surface area contributed by atoms with Crippen LogP contribution < -0.4 is 9.46 Å². The maximum absolute atomic E-state index is 11.3. The minimum atomic E-state index is -3.52. The molecule has 0 saturated carbocycles. The average molecular weight is 312 g/mol. The third-order valence-electron chi connectivity index (χ3n) is 2.31. The molecule has 1 N–H and O–H groups in total. The summed E-state index contributed by atoms with van der Waals surface area (Å²) in [5.41, 5.74) is -0.0630. The molecule has 0 bridgehead atoms. The van der Waals surface area contributed by atoms with Crippen molar-refractivity contribution >= 4 is 21.4 Å². The summed E-state index contributed by atoms with van der Waals surface area (Å²) in [6.07, 6.45) is 6.03. The minimum absolute atomic E-state index is 0.0563. The number of benzene rings is 1. The molecule has 0 aliphatic rings. The molecule has 0 aromatic heterocycles. The van der Waals surface area contributed by atoms with Crippen molar-refractivity contribution in [3.63, 3.8) is 0 Å². The Bertz CT molecular complexity index is 693. The normalized spacial score (nSPS) is 12.4. The molecule has 0 aliphatic heterocycles. The van der Waals surface area contributed by atoms with E-state index in [2.05, 4.69) is 4.72 Å². The van der Waals surface area contributed by atoms with Gasteiger partial charge in [-0.25, -0.2) is 8.42 Å². The van der Waals surface area contributed by atoms with Gasteiger partial charge in [-0.15, -0.1) is 0 Å². The summed E-state index contributed by atoms with van der Waals surface area (Å²) >= 11 is 0. The third-order valence-corrected chi connectivity index (χ3v) is 2.91. The smallest absolute Gasteiger partial charge is 0.273 e. The van der Waals surface area contributed by atoms with Crippen LogP contribution in [0.15, 0.2) is 42.2 Å². The molecular formula is C13H16N2O5S. The Morgan fingerprint density at radius 2 is 2.05 bits per heavy atom. The molecule has 1 aromatic rings. The number of nitro benzene ring substituents is 1. The molecule has 8 heteroatoms. The van der Waals surface area contributed by atoms with E-state index in [9.17, 15) is 18.5 Å². The van der Waals surface area contributed by atoms with Gasteiger partial charge < -0.3 is 4.74 Å². The molecule has 0 aliphatic carbocycles. The first-order valence-corrected chi connectivity index (χ1v) is 7.89. The highest BCUT2D eigenvalue weighted by molar-refractivity contribution is 7.92. The van der Waals surface area contributed by atoms with E-state index in [1.54, 1.807) is 32.1 Å². The molecule has 1 aromatic carbocycles. The SMILES string of the molecule is C/C=C\C(=C/C)Oc1cc([N+](=O)[O-])ccc1NS(C)(=O)=O. The molecule has 0 radical (unpaired) electrons. The number of allylic oxidation sites excluding steroid dienone is 3. The predicted octanol–water partition coefficient (Wildman–Crippen LogP) is 2.83. The lowest BCUT2D eigenvalue weighted by atomic mass is 10.2. The van der Waals surface area contributed by atoms with E-state index in [1.165, 1.54) is 18.2 Å². The summed E-state index contributed by atoms with van der Waals surface area (Å²) < 4.78 is 30.4. The topological polar surface area (TPSA) is 98.5 Å². The van der Waals surface area contributed by atoms with Crippen molar-refractivity contribution in [1.82, 2.24) is 0 Å². The Morgan fingerprint density at radius 1 is 1.38 bits per heavy atom. The van der Waals surface area contributed by atoms with Crippen LogP contribution in [-0.2, 0) is 10.0 Å². The van der Waals surface area contributed by atoms with Crippen molar-refractivity contribution < 1.29 is 18.1 Å². The second-order valence-electron chi connectivity index (χ2n) is 4.10. The largest absolute Gasteiger partial charge is 0.455 e. The lowest BCUT2D eigenvalue weighted by molar-refractivity contribution is -0.384. The summed E-state index contributed by atoms with van der Waals surface area (Å²) in [5.74, 6) is 0.496. The summed E-state index contributed by atoms with van der Waals surface area (Å²) in [7, 11) is -3.52. The van der Waals surface area contributed by atoms with Gasteiger partial charge >= 0.3 is 0 Å². The first-order valence-electron chi connectivity index (χ1n) is 6.00. The van der Waals surface area contributed by atoms with Crippen LogP contribution in [0.2, 0.25) is 0 Å². The number of nitrogens with zero attached hydrogens (tertiary/aromatic N) is 1. The highest BCUT2D eigenvalue weighted by atomic mass is 32.2. The summed E-state index contributed by atoms with van der Waals surface area (Å²) in [6, 6.07) is 3.66. The molecule has 21 heavy (non-hydrogen) atoms.